The lowest BCUT2D eigenvalue weighted by molar-refractivity contribution is -0.122. The van der Waals surface area contributed by atoms with Gasteiger partial charge in [0.1, 0.15) is 0 Å². The molecule has 0 aliphatic heterocycles. The third-order valence-electron chi connectivity index (χ3n) is 6.70. The van der Waals surface area contributed by atoms with Gasteiger partial charge in [0.05, 0.1) is 17.9 Å². The van der Waals surface area contributed by atoms with E-state index in [0.717, 1.165) is 57.8 Å². The molecule has 0 aliphatic carbocycles. The minimum atomic E-state index is -4.35. The van der Waals surface area contributed by atoms with Gasteiger partial charge in [-0.3, -0.25) is 9.35 Å². The summed E-state index contributed by atoms with van der Waals surface area (Å²) in [4.78, 5) is 12.4. The highest BCUT2D eigenvalue weighted by molar-refractivity contribution is 7.85. The van der Waals surface area contributed by atoms with Crippen molar-refractivity contribution in [2.24, 2.45) is 0 Å². The Morgan fingerprint density at radius 3 is 1.73 bits per heavy atom. The molecule has 0 aromatic rings. The van der Waals surface area contributed by atoms with Gasteiger partial charge in [0, 0.05) is 6.42 Å². The first-order valence-electron chi connectivity index (χ1n) is 16.0. The number of hydrogen-bond acceptors (Lipinski definition) is 4. The molecule has 0 radical (unpaired) electrons. The predicted octanol–water partition coefficient (Wildman–Crippen LogP) is 8.56. The molecule has 6 nitrogen and oxygen atoms in total. The molecule has 0 rings (SSSR count). The summed E-state index contributed by atoms with van der Waals surface area (Å²) in [6.07, 6.45) is 37.7. The van der Waals surface area contributed by atoms with Crippen molar-refractivity contribution in [1.82, 2.24) is 5.32 Å². The van der Waals surface area contributed by atoms with Crippen molar-refractivity contribution in [3.05, 3.63) is 60.8 Å². The van der Waals surface area contributed by atoms with Crippen LogP contribution in [0.4, 0.5) is 0 Å². The second kappa shape index (κ2) is 28.2. The zero-order valence-corrected chi connectivity index (χ0v) is 26.7. The molecular formula is C34H59NO5S. The lowest BCUT2D eigenvalue weighted by atomic mass is 10.1. The van der Waals surface area contributed by atoms with E-state index in [1.165, 1.54) is 51.0 Å². The van der Waals surface area contributed by atoms with Crippen LogP contribution in [-0.4, -0.2) is 41.9 Å². The van der Waals surface area contributed by atoms with E-state index in [4.69, 9.17) is 0 Å². The third kappa shape index (κ3) is 29.3. The van der Waals surface area contributed by atoms with Gasteiger partial charge in [-0.25, -0.2) is 0 Å². The van der Waals surface area contributed by atoms with Crippen LogP contribution in [-0.2, 0) is 14.9 Å². The minimum absolute atomic E-state index is 0.240. The lowest BCUT2D eigenvalue weighted by Crippen LogP contribution is -2.46. The Labute approximate surface area is 251 Å². The van der Waals surface area contributed by atoms with Crippen LogP contribution in [0.25, 0.3) is 0 Å². The quantitative estimate of drug-likeness (QED) is 0.0503. The molecule has 0 heterocycles. The highest BCUT2D eigenvalue weighted by atomic mass is 32.2. The van der Waals surface area contributed by atoms with Crippen LogP contribution in [0, 0.1) is 0 Å². The van der Waals surface area contributed by atoms with E-state index < -0.39 is 28.0 Å². The topological polar surface area (TPSA) is 104 Å². The zero-order valence-electron chi connectivity index (χ0n) is 25.9. The van der Waals surface area contributed by atoms with Crippen molar-refractivity contribution >= 4 is 16.0 Å². The Hall–Kier alpha value is -1.96. The fraction of sp³-hybridized carbons (Fsp3) is 0.676. The first-order valence-corrected chi connectivity index (χ1v) is 17.6. The van der Waals surface area contributed by atoms with Crippen LogP contribution < -0.4 is 5.32 Å². The SMILES string of the molecule is CC/C=C\C/C=C\C/C=C\C/C=C\CCCCC(=O)NC(CS(=O)(=O)O)C(O)/C=C/CCCCCCCCCCC. The number of allylic oxidation sites excluding steroid dienone is 9. The summed E-state index contributed by atoms with van der Waals surface area (Å²) in [6.45, 7) is 4.35. The van der Waals surface area contributed by atoms with E-state index in [0.29, 0.717) is 6.42 Å². The zero-order chi connectivity index (χ0) is 30.4. The van der Waals surface area contributed by atoms with Crippen molar-refractivity contribution in [2.75, 3.05) is 5.75 Å². The standard InChI is InChI=1S/C34H59NO5S/c1-3-5-7-9-11-13-15-16-17-18-20-22-24-26-28-30-34(37)35-32(31-41(38,39)40)33(36)29-27-25-23-21-19-14-12-10-8-6-4-2/h5,7,11,13,16-17,20,22,27,29,32-33,36H,3-4,6,8-10,12,14-15,18-19,21,23-26,28,30-31H2,1-2H3,(H,35,37)(H,38,39,40)/b7-5-,13-11-,17-16-,22-20-,29-27+. The number of aliphatic hydroxyl groups is 1. The molecule has 0 aromatic heterocycles. The molecule has 3 N–H and O–H groups in total. The van der Waals surface area contributed by atoms with Crippen LogP contribution >= 0.6 is 0 Å². The summed E-state index contributed by atoms with van der Waals surface area (Å²) in [5.41, 5.74) is 0. The van der Waals surface area contributed by atoms with Gasteiger partial charge in [0.15, 0.2) is 0 Å². The maximum absolute atomic E-state index is 12.4. The Kier molecular flexibility index (Phi) is 26.8. The fourth-order valence-corrected chi connectivity index (χ4v) is 5.05. The number of nitrogens with one attached hydrogen (secondary N) is 1. The van der Waals surface area contributed by atoms with Crippen molar-refractivity contribution in [2.45, 2.75) is 142 Å². The molecule has 1 amide bonds. The number of aliphatic hydroxyl groups excluding tert-OH is 1. The van der Waals surface area contributed by atoms with Crippen LogP contribution in [0.15, 0.2) is 60.8 Å². The van der Waals surface area contributed by atoms with Crippen molar-refractivity contribution in [1.29, 1.82) is 0 Å². The summed E-state index contributed by atoms with van der Waals surface area (Å²) >= 11 is 0. The van der Waals surface area contributed by atoms with E-state index in [2.05, 4.69) is 67.8 Å². The van der Waals surface area contributed by atoms with E-state index in [1.54, 1.807) is 0 Å². The summed E-state index contributed by atoms with van der Waals surface area (Å²) in [6, 6.07) is -1.08. The highest BCUT2D eigenvalue weighted by Gasteiger charge is 2.24. The molecule has 0 aliphatic rings. The number of rotatable bonds is 27. The summed E-state index contributed by atoms with van der Waals surface area (Å²) in [5.74, 6) is -1.04. The van der Waals surface area contributed by atoms with Crippen LogP contribution in [0.2, 0.25) is 0 Å². The average Bonchev–Trinajstić information content (AvgIpc) is 2.92. The first kappa shape index (κ1) is 39.0. The maximum Gasteiger partial charge on any atom is 0.267 e. The summed E-state index contributed by atoms with van der Waals surface area (Å²) in [5, 5.41) is 13.1. The van der Waals surface area contributed by atoms with E-state index in [1.807, 2.05) is 6.08 Å². The first-order chi connectivity index (χ1) is 19.8. The van der Waals surface area contributed by atoms with Crippen LogP contribution in [0.5, 0.6) is 0 Å². The molecule has 7 heteroatoms. The van der Waals surface area contributed by atoms with Gasteiger partial charge < -0.3 is 10.4 Å². The van der Waals surface area contributed by atoms with Gasteiger partial charge in [0.2, 0.25) is 5.91 Å². The second-order valence-electron chi connectivity index (χ2n) is 10.7. The number of carbonyl (C=O) groups is 1. The molecule has 0 fully saturated rings. The van der Waals surface area contributed by atoms with Gasteiger partial charge in [-0.2, -0.15) is 8.42 Å². The van der Waals surface area contributed by atoms with Gasteiger partial charge in [-0.15, -0.1) is 0 Å². The third-order valence-corrected chi connectivity index (χ3v) is 7.48. The van der Waals surface area contributed by atoms with Gasteiger partial charge in [0.25, 0.3) is 10.1 Å². The number of unbranched alkanes of at least 4 members (excludes halogenated alkanes) is 11. The fourth-order valence-electron chi connectivity index (χ4n) is 4.32. The highest BCUT2D eigenvalue weighted by Crippen LogP contribution is 2.11. The normalized spacial score (nSPS) is 14.3. The Bertz CT molecular complexity index is 874. The van der Waals surface area contributed by atoms with Gasteiger partial charge in [-0.1, -0.05) is 126 Å². The second-order valence-corrected chi connectivity index (χ2v) is 12.2. The monoisotopic (exact) mass is 593 g/mol. The maximum atomic E-state index is 12.4. The molecule has 0 spiro atoms. The Balaban J connectivity index is 4.18. The van der Waals surface area contributed by atoms with E-state index >= 15 is 0 Å². The molecule has 41 heavy (non-hydrogen) atoms. The van der Waals surface area contributed by atoms with Gasteiger partial charge in [-0.05, 0) is 57.8 Å². The predicted molar refractivity (Wildman–Crippen MR) is 175 cm³/mol. The Morgan fingerprint density at radius 2 is 1.17 bits per heavy atom. The summed E-state index contributed by atoms with van der Waals surface area (Å²) in [7, 11) is -4.35. The average molecular weight is 594 g/mol. The van der Waals surface area contributed by atoms with Crippen molar-refractivity contribution < 1.29 is 22.9 Å². The molecule has 0 saturated carbocycles. The van der Waals surface area contributed by atoms with Gasteiger partial charge >= 0.3 is 0 Å². The molecular weight excluding hydrogens is 534 g/mol. The van der Waals surface area contributed by atoms with Crippen LogP contribution in [0.3, 0.4) is 0 Å². The molecule has 2 unspecified atom stereocenters. The van der Waals surface area contributed by atoms with E-state index in [-0.39, 0.29) is 12.3 Å². The minimum Gasteiger partial charge on any atom is -0.387 e. The van der Waals surface area contributed by atoms with Crippen molar-refractivity contribution in [3.63, 3.8) is 0 Å². The largest absolute Gasteiger partial charge is 0.387 e. The van der Waals surface area contributed by atoms with Crippen LogP contribution in [0.1, 0.15) is 129 Å². The Morgan fingerprint density at radius 1 is 0.683 bits per heavy atom. The summed E-state index contributed by atoms with van der Waals surface area (Å²) < 4.78 is 32.2. The van der Waals surface area contributed by atoms with Crippen molar-refractivity contribution in [3.8, 4) is 0 Å². The smallest absolute Gasteiger partial charge is 0.267 e. The molecule has 2 atom stereocenters. The lowest BCUT2D eigenvalue weighted by Gasteiger charge is -2.21. The molecule has 0 bridgehead atoms. The number of carbonyl (C=O) groups excluding carboxylic acids is 1. The molecule has 0 saturated heterocycles. The van der Waals surface area contributed by atoms with E-state index in [9.17, 15) is 22.9 Å². The molecule has 236 valence electrons. The molecule has 0 aromatic carbocycles. The number of amides is 1. The number of hydrogen-bond donors (Lipinski definition) is 3.